The topological polar surface area (TPSA) is 91.4 Å². The lowest BCUT2D eigenvalue weighted by Crippen LogP contribution is -2.41. The predicted molar refractivity (Wildman–Crippen MR) is 97.4 cm³/mol. The molecule has 0 spiro atoms. The summed E-state index contributed by atoms with van der Waals surface area (Å²) in [6.07, 6.45) is -0.310. The number of benzene rings is 1. The van der Waals surface area contributed by atoms with Gasteiger partial charge in [0, 0.05) is 13.1 Å². The molecule has 1 aromatic rings. The van der Waals surface area contributed by atoms with Crippen LogP contribution in [0.15, 0.2) is 12.1 Å². The summed E-state index contributed by atoms with van der Waals surface area (Å²) in [7, 11) is -0.665. The lowest BCUT2D eigenvalue weighted by Gasteiger charge is -2.29. The Morgan fingerprint density at radius 3 is 2.41 bits per heavy atom. The van der Waals surface area contributed by atoms with E-state index in [1.165, 1.54) is 11.4 Å². The highest BCUT2D eigenvalue weighted by Crippen LogP contribution is 2.34. The Labute approximate surface area is 159 Å². The van der Waals surface area contributed by atoms with Gasteiger partial charge in [-0.1, -0.05) is 0 Å². The zero-order valence-electron chi connectivity index (χ0n) is 16.0. The fourth-order valence-corrected chi connectivity index (χ4v) is 4.74. The Hall–Kier alpha value is -1.68. The number of hydrogen-bond donors (Lipinski definition) is 0. The Morgan fingerprint density at radius 1 is 1.22 bits per heavy atom. The monoisotopic (exact) mass is 399 g/mol. The minimum Gasteiger partial charge on any atom is -0.493 e. The summed E-state index contributed by atoms with van der Waals surface area (Å²) in [6.45, 7) is 3.96. The molecule has 2 heterocycles. The molecule has 0 saturated carbocycles. The van der Waals surface area contributed by atoms with Gasteiger partial charge in [0.2, 0.25) is 10.0 Å². The molecule has 1 atom stereocenters. The minimum absolute atomic E-state index is 0.0706. The number of carbonyl (C=O) groups is 1. The second-order valence-electron chi connectivity index (χ2n) is 7.10. The summed E-state index contributed by atoms with van der Waals surface area (Å²) in [5, 5.41) is 0. The molecule has 3 rings (SSSR count). The van der Waals surface area contributed by atoms with Crippen LogP contribution in [0.4, 0.5) is 0 Å². The second kappa shape index (κ2) is 7.38. The van der Waals surface area contributed by atoms with Gasteiger partial charge in [0.05, 0.1) is 20.8 Å². The first-order valence-corrected chi connectivity index (χ1v) is 10.3. The smallest absolute Gasteiger partial charge is 0.221 e. The van der Waals surface area contributed by atoms with Crippen molar-refractivity contribution in [2.75, 3.05) is 33.1 Å². The van der Waals surface area contributed by atoms with Crippen molar-refractivity contribution < 1.29 is 32.2 Å². The second-order valence-corrected chi connectivity index (χ2v) is 9.07. The predicted octanol–water partition coefficient (Wildman–Crippen LogP) is 1.11. The summed E-state index contributed by atoms with van der Waals surface area (Å²) in [4.78, 5) is 12.4. The van der Waals surface area contributed by atoms with Crippen LogP contribution in [0.2, 0.25) is 0 Å². The number of Topliss-reactive ketones (excluding diaryl/α,β-unsaturated/α-hetero) is 1. The van der Waals surface area contributed by atoms with Crippen LogP contribution in [0.5, 0.6) is 11.5 Å². The van der Waals surface area contributed by atoms with Crippen molar-refractivity contribution in [3.63, 3.8) is 0 Å². The molecule has 0 N–H and O–H groups in total. The molecule has 0 amide bonds. The average molecular weight is 399 g/mol. The number of sulfonamides is 1. The maximum atomic E-state index is 12.8. The van der Waals surface area contributed by atoms with Gasteiger partial charge in [-0.05, 0) is 43.5 Å². The molecule has 2 aliphatic rings. The van der Waals surface area contributed by atoms with Gasteiger partial charge in [0.25, 0.3) is 0 Å². The van der Waals surface area contributed by atoms with Gasteiger partial charge in [0.1, 0.15) is 11.9 Å². The highest BCUT2D eigenvalue weighted by Gasteiger charge is 2.39. The Kier molecular flexibility index (Phi) is 5.49. The average Bonchev–Trinajstić information content (AvgIpc) is 2.99. The fourth-order valence-electron chi connectivity index (χ4n) is 3.30. The molecule has 0 aromatic heterocycles. The van der Waals surface area contributed by atoms with Crippen LogP contribution >= 0.6 is 0 Å². The number of ketones is 1. The number of nitrogens with zero attached hydrogens (tertiary/aromatic N) is 1. The first-order valence-electron chi connectivity index (χ1n) is 8.71. The zero-order valence-corrected chi connectivity index (χ0v) is 16.8. The van der Waals surface area contributed by atoms with Crippen LogP contribution in [0, 0.1) is 0 Å². The van der Waals surface area contributed by atoms with Crippen molar-refractivity contribution in [1.82, 2.24) is 4.31 Å². The van der Waals surface area contributed by atoms with E-state index in [9.17, 15) is 13.2 Å². The Bertz CT molecular complexity index is 834. The standard InChI is InChI=1S/C18H25NO7S/c1-18(2)25-10-17(26-18)14(20)11-27(21,22)19-6-5-12-7-15(23-3)16(24-4)8-13(12)9-19/h7-8,17H,5-6,9-11H2,1-4H3/t17-/m1/s1. The van der Waals surface area contributed by atoms with E-state index in [4.69, 9.17) is 18.9 Å². The third-order valence-corrected chi connectivity index (χ3v) is 6.52. The van der Waals surface area contributed by atoms with E-state index in [-0.39, 0.29) is 13.2 Å². The van der Waals surface area contributed by atoms with Gasteiger partial charge < -0.3 is 18.9 Å². The maximum absolute atomic E-state index is 12.8. The summed E-state index contributed by atoms with van der Waals surface area (Å²) in [5.74, 6) is -0.795. The molecule has 1 saturated heterocycles. The van der Waals surface area contributed by atoms with Gasteiger partial charge >= 0.3 is 0 Å². The molecular weight excluding hydrogens is 374 g/mol. The number of fused-ring (bicyclic) bond motifs is 1. The van der Waals surface area contributed by atoms with Gasteiger partial charge in [-0.2, -0.15) is 4.31 Å². The first kappa shape index (κ1) is 20.1. The number of methoxy groups -OCH3 is 2. The quantitative estimate of drug-likeness (QED) is 0.708. The first-order chi connectivity index (χ1) is 12.6. The molecule has 1 aromatic carbocycles. The van der Waals surface area contributed by atoms with Crippen LogP contribution in [0.3, 0.4) is 0 Å². The highest BCUT2D eigenvalue weighted by molar-refractivity contribution is 7.89. The van der Waals surface area contributed by atoms with Crippen molar-refractivity contribution in [2.24, 2.45) is 0 Å². The van der Waals surface area contributed by atoms with Crippen LogP contribution in [0.1, 0.15) is 25.0 Å². The lowest BCUT2D eigenvalue weighted by atomic mass is 10.0. The van der Waals surface area contributed by atoms with Gasteiger partial charge in [-0.25, -0.2) is 8.42 Å². The number of rotatable bonds is 6. The maximum Gasteiger partial charge on any atom is 0.221 e. The molecule has 0 unspecified atom stereocenters. The Morgan fingerprint density at radius 2 is 1.85 bits per heavy atom. The van der Waals surface area contributed by atoms with E-state index < -0.39 is 33.5 Å². The van der Waals surface area contributed by atoms with E-state index in [2.05, 4.69) is 0 Å². The van der Waals surface area contributed by atoms with Crippen LogP contribution in [0.25, 0.3) is 0 Å². The zero-order chi connectivity index (χ0) is 19.8. The fraction of sp³-hybridized carbons (Fsp3) is 0.611. The van der Waals surface area contributed by atoms with E-state index in [1.54, 1.807) is 27.0 Å². The largest absolute Gasteiger partial charge is 0.493 e. The molecule has 0 aliphatic carbocycles. The van der Waals surface area contributed by atoms with Crippen molar-refractivity contribution >= 4 is 15.8 Å². The van der Waals surface area contributed by atoms with Crippen molar-refractivity contribution in [1.29, 1.82) is 0 Å². The van der Waals surface area contributed by atoms with Crippen LogP contribution < -0.4 is 9.47 Å². The molecule has 2 aliphatic heterocycles. The molecule has 9 heteroatoms. The molecule has 150 valence electrons. The van der Waals surface area contributed by atoms with E-state index >= 15 is 0 Å². The van der Waals surface area contributed by atoms with Gasteiger partial charge in [-0.3, -0.25) is 4.79 Å². The van der Waals surface area contributed by atoms with Gasteiger partial charge in [0.15, 0.2) is 23.1 Å². The number of ether oxygens (including phenoxy) is 4. The molecule has 27 heavy (non-hydrogen) atoms. The summed E-state index contributed by atoms with van der Waals surface area (Å²) in [5.41, 5.74) is 1.86. The van der Waals surface area contributed by atoms with Crippen LogP contribution in [-0.2, 0) is 37.3 Å². The third kappa shape index (κ3) is 4.26. The molecule has 0 radical (unpaired) electrons. The Balaban J connectivity index is 1.73. The van der Waals surface area contributed by atoms with Gasteiger partial charge in [-0.15, -0.1) is 0 Å². The molecule has 0 bridgehead atoms. The summed E-state index contributed by atoms with van der Waals surface area (Å²) in [6, 6.07) is 3.66. The highest BCUT2D eigenvalue weighted by atomic mass is 32.2. The molecular formula is C18H25NO7S. The van der Waals surface area contributed by atoms with Crippen molar-refractivity contribution in [3.05, 3.63) is 23.3 Å². The van der Waals surface area contributed by atoms with Crippen molar-refractivity contribution in [2.45, 2.75) is 38.7 Å². The van der Waals surface area contributed by atoms with E-state index in [1.807, 2.05) is 6.07 Å². The lowest BCUT2D eigenvalue weighted by molar-refractivity contribution is -0.150. The van der Waals surface area contributed by atoms with Crippen molar-refractivity contribution in [3.8, 4) is 11.5 Å². The third-order valence-electron chi connectivity index (χ3n) is 4.77. The summed E-state index contributed by atoms with van der Waals surface area (Å²) >= 11 is 0. The molecule has 8 nitrogen and oxygen atoms in total. The normalized spacial score (nSPS) is 22.3. The number of carbonyl (C=O) groups excluding carboxylic acids is 1. The number of hydrogen-bond acceptors (Lipinski definition) is 7. The van der Waals surface area contributed by atoms with E-state index in [0.29, 0.717) is 24.5 Å². The summed E-state index contributed by atoms with van der Waals surface area (Å²) < 4.78 is 48.3. The van der Waals surface area contributed by atoms with Crippen LogP contribution in [-0.4, -0.2) is 63.5 Å². The SMILES string of the molecule is COc1cc2c(cc1OC)CN(S(=O)(=O)CC(=O)[C@H]1COC(C)(C)O1)CC2. The minimum atomic E-state index is -3.76. The van der Waals surface area contributed by atoms with E-state index in [0.717, 1.165) is 11.1 Å². The molecule has 1 fully saturated rings.